The van der Waals surface area contributed by atoms with Gasteiger partial charge in [-0.2, -0.15) is 0 Å². The summed E-state index contributed by atoms with van der Waals surface area (Å²) < 4.78 is 7.51. The predicted molar refractivity (Wildman–Crippen MR) is 70.6 cm³/mol. The zero-order chi connectivity index (χ0) is 11.1. The van der Waals surface area contributed by atoms with Crippen molar-refractivity contribution in [2.75, 3.05) is 6.61 Å². The molecule has 17 heavy (non-hydrogen) atoms. The normalized spacial score (nSPS) is 10.1. The van der Waals surface area contributed by atoms with Crippen molar-refractivity contribution in [1.29, 1.82) is 0 Å². The lowest BCUT2D eigenvalue weighted by Crippen LogP contribution is -1.94. The van der Waals surface area contributed by atoms with Crippen LogP contribution in [0.1, 0.15) is 0 Å². The molecule has 0 spiro atoms. The van der Waals surface area contributed by atoms with E-state index in [2.05, 4.69) is 11.1 Å². The second kappa shape index (κ2) is 7.52. The summed E-state index contributed by atoms with van der Waals surface area (Å²) in [5, 5.41) is 0. The van der Waals surface area contributed by atoms with Crippen LogP contribution in [0.2, 0.25) is 0 Å². The van der Waals surface area contributed by atoms with Crippen molar-refractivity contribution >= 4 is 12.4 Å². The molecule has 0 fully saturated rings. The van der Waals surface area contributed by atoms with Gasteiger partial charge >= 0.3 is 0 Å². The third-order valence-electron chi connectivity index (χ3n) is 2.13. The predicted octanol–water partition coefficient (Wildman–Crippen LogP) is 2.94. The Morgan fingerprint density at radius 1 is 1.18 bits per heavy atom. The van der Waals surface area contributed by atoms with Crippen LogP contribution in [0, 0.1) is 0 Å². The summed E-state index contributed by atoms with van der Waals surface area (Å²) in [6.07, 6.45) is 9.57. The van der Waals surface area contributed by atoms with Gasteiger partial charge in [0.2, 0.25) is 0 Å². The number of ether oxygens (including phenoxy) is 1. The lowest BCUT2D eigenvalue weighted by Gasteiger charge is -2.01. The molecule has 3 nitrogen and oxygen atoms in total. The first-order valence-electron chi connectivity index (χ1n) is 5.24. The van der Waals surface area contributed by atoms with Crippen LogP contribution in [-0.4, -0.2) is 16.2 Å². The van der Waals surface area contributed by atoms with E-state index < -0.39 is 0 Å². The number of imidazole rings is 1. The first-order chi connectivity index (χ1) is 7.95. The molecule has 0 aliphatic rings. The molecule has 1 aromatic heterocycles. The maximum Gasteiger partial charge on any atom is 0.119 e. The van der Waals surface area contributed by atoms with E-state index in [0.29, 0.717) is 6.61 Å². The van der Waals surface area contributed by atoms with Crippen molar-refractivity contribution in [2.24, 2.45) is 0 Å². The van der Waals surface area contributed by atoms with Crippen LogP contribution in [0.5, 0.6) is 5.75 Å². The number of para-hydroxylation sites is 1. The first-order valence-corrected chi connectivity index (χ1v) is 5.24. The van der Waals surface area contributed by atoms with Crippen molar-refractivity contribution in [2.45, 2.75) is 6.54 Å². The monoisotopic (exact) mass is 250 g/mol. The summed E-state index contributed by atoms with van der Waals surface area (Å²) in [6, 6.07) is 9.80. The van der Waals surface area contributed by atoms with Gasteiger partial charge in [-0.15, -0.1) is 12.4 Å². The minimum atomic E-state index is 0. The highest BCUT2D eigenvalue weighted by Crippen LogP contribution is 2.07. The molecule has 1 heterocycles. The standard InChI is InChI=1S/C13H14N2O.ClH/c1-2-6-13(7-3-1)16-11-5-4-9-15-10-8-14-12-15;/h1-8,10,12H,9,11H2;1H. The van der Waals surface area contributed by atoms with Crippen LogP contribution < -0.4 is 4.74 Å². The Labute approximate surface area is 107 Å². The molecule has 0 radical (unpaired) electrons. The van der Waals surface area contributed by atoms with Crippen LogP contribution in [0.15, 0.2) is 61.2 Å². The maximum absolute atomic E-state index is 5.51. The van der Waals surface area contributed by atoms with E-state index in [1.165, 1.54) is 0 Å². The van der Waals surface area contributed by atoms with E-state index in [9.17, 15) is 0 Å². The third kappa shape index (κ3) is 4.74. The van der Waals surface area contributed by atoms with Crippen molar-refractivity contribution in [3.63, 3.8) is 0 Å². The van der Waals surface area contributed by atoms with Gasteiger partial charge in [-0.25, -0.2) is 4.98 Å². The summed E-state index contributed by atoms with van der Waals surface area (Å²) >= 11 is 0. The number of halogens is 1. The highest BCUT2D eigenvalue weighted by Gasteiger charge is 1.87. The molecule has 0 amide bonds. The molecule has 0 atom stereocenters. The van der Waals surface area contributed by atoms with E-state index in [0.717, 1.165) is 12.3 Å². The minimum Gasteiger partial charge on any atom is -0.490 e. The second-order valence-corrected chi connectivity index (χ2v) is 3.35. The highest BCUT2D eigenvalue weighted by atomic mass is 35.5. The Bertz CT molecular complexity index is 426. The second-order valence-electron chi connectivity index (χ2n) is 3.35. The van der Waals surface area contributed by atoms with Gasteiger partial charge in [-0.3, -0.25) is 0 Å². The summed E-state index contributed by atoms with van der Waals surface area (Å²) in [5.41, 5.74) is 0. The zero-order valence-corrected chi connectivity index (χ0v) is 10.2. The van der Waals surface area contributed by atoms with Crippen LogP contribution in [-0.2, 0) is 6.54 Å². The lowest BCUT2D eigenvalue weighted by molar-refractivity contribution is 0.362. The molecule has 2 aromatic rings. The van der Waals surface area contributed by atoms with E-state index >= 15 is 0 Å². The Kier molecular flexibility index (Phi) is 5.89. The van der Waals surface area contributed by atoms with Crippen molar-refractivity contribution in [3.8, 4) is 5.75 Å². The average Bonchev–Trinajstić information content (AvgIpc) is 2.83. The molecule has 1 aromatic carbocycles. The largest absolute Gasteiger partial charge is 0.490 e. The number of benzene rings is 1. The van der Waals surface area contributed by atoms with Gasteiger partial charge < -0.3 is 9.30 Å². The van der Waals surface area contributed by atoms with Gasteiger partial charge in [-0.05, 0) is 18.2 Å². The highest BCUT2D eigenvalue weighted by molar-refractivity contribution is 5.85. The van der Waals surface area contributed by atoms with E-state index in [4.69, 9.17) is 4.74 Å². The van der Waals surface area contributed by atoms with Gasteiger partial charge in [0.05, 0.1) is 6.33 Å². The molecular formula is C13H15ClN2O. The number of allylic oxidation sites excluding steroid dienone is 1. The van der Waals surface area contributed by atoms with Gasteiger partial charge in [0, 0.05) is 18.9 Å². The van der Waals surface area contributed by atoms with Crippen molar-refractivity contribution in [1.82, 2.24) is 9.55 Å². The molecule has 0 saturated carbocycles. The smallest absolute Gasteiger partial charge is 0.119 e. The molecule has 0 aliphatic heterocycles. The van der Waals surface area contributed by atoms with Crippen molar-refractivity contribution < 1.29 is 4.74 Å². The fourth-order valence-electron chi connectivity index (χ4n) is 1.32. The molecular weight excluding hydrogens is 236 g/mol. The van der Waals surface area contributed by atoms with Crippen LogP contribution >= 0.6 is 12.4 Å². The quantitative estimate of drug-likeness (QED) is 0.763. The molecule has 2 rings (SSSR count). The minimum absolute atomic E-state index is 0. The van der Waals surface area contributed by atoms with Crippen molar-refractivity contribution in [3.05, 3.63) is 61.2 Å². The van der Waals surface area contributed by atoms with Gasteiger partial charge in [0.15, 0.2) is 0 Å². The van der Waals surface area contributed by atoms with Crippen LogP contribution in [0.4, 0.5) is 0 Å². The molecule has 0 unspecified atom stereocenters. The topological polar surface area (TPSA) is 27.1 Å². The number of hydrogen-bond donors (Lipinski definition) is 0. The molecule has 90 valence electrons. The Morgan fingerprint density at radius 2 is 2.00 bits per heavy atom. The van der Waals surface area contributed by atoms with E-state index in [1.54, 1.807) is 12.5 Å². The SMILES string of the molecule is C(=CCn1ccnc1)COc1ccccc1.Cl. The number of aromatic nitrogens is 2. The fourth-order valence-corrected chi connectivity index (χ4v) is 1.32. The van der Waals surface area contributed by atoms with Gasteiger partial charge in [-0.1, -0.05) is 24.3 Å². The Hall–Kier alpha value is -1.74. The van der Waals surface area contributed by atoms with Gasteiger partial charge in [0.1, 0.15) is 12.4 Å². The van der Waals surface area contributed by atoms with Gasteiger partial charge in [0.25, 0.3) is 0 Å². The van der Waals surface area contributed by atoms with E-state index in [1.807, 2.05) is 47.2 Å². The summed E-state index contributed by atoms with van der Waals surface area (Å²) in [4.78, 5) is 3.97. The average molecular weight is 251 g/mol. The fraction of sp³-hybridized carbons (Fsp3) is 0.154. The Morgan fingerprint density at radius 3 is 2.71 bits per heavy atom. The molecule has 0 saturated heterocycles. The number of hydrogen-bond acceptors (Lipinski definition) is 2. The summed E-state index contributed by atoms with van der Waals surface area (Å²) in [7, 11) is 0. The molecule has 0 bridgehead atoms. The van der Waals surface area contributed by atoms with Crippen LogP contribution in [0.3, 0.4) is 0 Å². The number of nitrogens with zero attached hydrogens (tertiary/aromatic N) is 2. The third-order valence-corrected chi connectivity index (χ3v) is 2.13. The summed E-state index contributed by atoms with van der Waals surface area (Å²) in [5.74, 6) is 0.898. The lowest BCUT2D eigenvalue weighted by atomic mass is 10.3. The van der Waals surface area contributed by atoms with E-state index in [-0.39, 0.29) is 12.4 Å². The molecule has 4 heteroatoms. The molecule has 0 aliphatic carbocycles. The summed E-state index contributed by atoms with van der Waals surface area (Å²) in [6.45, 7) is 1.43. The zero-order valence-electron chi connectivity index (χ0n) is 9.40. The first kappa shape index (κ1) is 13.3. The van der Waals surface area contributed by atoms with Crippen LogP contribution in [0.25, 0.3) is 0 Å². The maximum atomic E-state index is 5.51. The Balaban J connectivity index is 0.00000144. The molecule has 0 N–H and O–H groups in total. The number of rotatable bonds is 5.